The van der Waals surface area contributed by atoms with E-state index in [2.05, 4.69) is 15.3 Å². The number of nitrogens with one attached hydrogen (secondary N) is 1. The van der Waals surface area contributed by atoms with Gasteiger partial charge in [0.1, 0.15) is 17.3 Å². The third-order valence-corrected chi connectivity index (χ3v) is 4.56. The quantitative estimate of drug-likeness (QED) is 0.591. The monoisotopic (exact) mass is 445 g/mol. The Morgan fingerprint density at radius 1 is 1.23 bits per heavy atom. The van der Waals surface area contributed by atoms with Gasteiger partial charge in [-0.25, -0.2) is 22.4 Å². The van der Waals surface area contributed by atoms with Crippen molar-refractivity contribution in [1.82, 2.24) is 9.97 Å². The largest absolute Gasteiger partial charge is 0.479 e. The molecule has 0 amide bonds. The van der Waals surface area contributed by atoms with E-state index < -0.39 is 48.0 Å². The van der Waals surface area contributed by atoms with E-state index in [0.717, 1.165) is 6.07 Å². The van der Waals surface area contributed by atoms with E-state index in [1.54, 1.807) is 0 Å². The minimum absolute atomic E-state index is 0.105. The molecule has 0 radical (unpaired) electrons. The highest BCUT2D eigenvalue weighted by Gasteiger charge is 2.35. The van der Waals surface area contributed by atoms with Crippen LogP contribution in [0.5, 0.6) is 6.01 Å². The van der Waals surface area contributed by atoms with Crippen molar-refractivity contribution < 1.29 is 41.7 Å². The molecule has 1 aromatic carbocycles. The highest BCUT2D eigenvalue weighted by molar-refractivity contribution is 5.75. The van der Waals surface area contributed by atoms with Crippen molar-refractivity contribution in [2.24, 2.45) is 0 Å². The highest BCUT2D eigenvalue weighted by atomic mass is 19.3. The Bertz CT molecular complexity index is 956. The van der Waals surface area contributed by atoms with Crippen LogP contribution in [0.2, 0.25) is 0 Å². The Morgan fingerprint density at radius 2 is 1.87 bits per heavy atom. The van der Waals surface area contributed by atoms with E-state index in [1.165, 1.54) is 26.2 Å². The second kappa shape index (κ2) is 9.43. The fourth-order valence-corrected chi connectivity index (χ4v) is 3.09. The maximum atomic E-state index is 14.6. The Kier molecular flexibility index (Phi) is 6.91. The summed E-state index contributed by atoms with van der Waals surface area (Å²) in [6, 6.07) is 2.24. The van der Waals surface area contributed by atoms with Crippen molar-refractivity contribution >= 4 is 11.8 Å². The van der Waals surface area contributed by atoms with Gasteiger partial charge in [0.15, 0.2) is 6.29 Å². The number of anilines is 1. The summed E-state index contributed by atoms with van der Waals surface area (Å²) in [6.45, 7) is 1.77. The molecular formula is C19H19F4N3O5. The summed E-state index contributed by atoms with van der Waals surface area (Å²) in [5.41, 5.74) is -1.59. The van der Waals surface area contributed by atoms with Gasteiger partial charge in [0.25, 0.3) is 6.43 Å². The van der Waals surface area contributed by atoms with Crippen LogP contribution in [0.3, 0.4) is 0 Å². The lowest BCUT2D eigenvalue weighted by atomic mass is 10.0. The Morgan fingerprint density at radius 3 is 2.45 bits per heavy atom. The molecule has 12 heteroatoms. The first kappa shape index (κ1) is 22.7. The summed E-state index contributed by atoms with van der Waals surface area (Å²) in [6.07, 6.45) is -6.77. The number of hydrogen-bond donors (Lipinski definition) is 2. The molecule has 3 rings (SSSR count). The number of aliphatic carboxylic acids is 1. The topological polar surface area (TPSA) is 103 Å². The van der Waals surface area contributed by atoms with Crippen LogP contribution in [0.1, 0.15) is 54.2 Å². The SMILES string of the molecule is COc1nc(N[C@H](C)c2cccc(C(F)F)c2F)c(C2OCCO2)c(C(F)C(=O)O)n1. The van der Waals surface area contributed by atoms with Crippen LogP contribution in [-0.2, 0) is 14.3 Å². The van der Waals surface area contributed by atoms with Crippen LogP contribution in [0.4, 0.5) is 23.4 Å². The zero-order valence-electron chi connectivity index (χ0n) is 16.4. The summed E-state index contributed by atoms with van der Waals surface area (Å²) in [5, 5.41) is 11.9. The van der Waals surface area contributed by atoms with Gasteiger partial charge in [-0.2, -0.15) is 9.97 Å². The van der Waals surface area contributed by atoms with E-state index in [0.29, 0.717) is 0 Å². The van der Waals surface area contributed by atoms with E-state index in [-0.39, 0.29) is 36.2 Å². The van der Waals surface area contributed by atoms with Gasteiger partial charge < -0.3 is 24.6 Å². The number of nitrogens with zero attached hydrogens (tertiary/aromatic N) is 2. The molecule has 1 saturated heterocycles. The zero-order valence-corrected chi connectivity index (χ0v) is 16.4. The lowest BCUT2D eigenvalue weighted by molar-refractivity contribution is -0.143. The number of rotatable bonds is 8. The molecule has 2 aromatic rings. The van der Waals surface area contributed by atoms with Crippen LogP contribution in [0, 0.1) is 5.82 Å². The summed E-state index contributed by atoms with van der Waals surface area (Å²) in [5.74, 6) is -3.07. The molecule has 1 aliphatic rings. The zero-order chi connectivity index (χ0) is 22.7. The van der Waals surface area contributed by atoms with Crippen molar-refractivity contribution in [2.75, 3.05) is 25.6 Å². The third kappa shape index (κ3) is 4.69. The van der Waals surface area contributed by atoms with Crippen LogP contribution < -0.4 is 10.1 Å². The number of methoxy groups -OCH3 is 1. The Labute approximate surface area is 174 Å². The summed E-state index contributed by atoms with van der Waals surface area (Å²) < 4.78 is 70.9. The van der Waals surface area contributed by atoms with Crippen molar-refractivity contribution in [3.05, 3.63) is 46.4 Å². The summed E-state index contributed by atoms with van der Waals surface area (Å²) in [4.78, 5) is 19.1. The number of carboxylic acid groups (broad SMARTS) is 1. The fraction of sp³-hybridized carbons (Fsp3) is 0.421. The standard InChI is InChI=1S/C19H19F4N3O5/c1-8(9-4-3-5-10(12(9)20)15(22)23)24-16-11(18-30-6-7-31-18)14(13(21)17(27)28)25-19(26-16)29-2/h3-5,8,13,15,18H,6-7H2,1-2H3,(H,27,28)(H,24,25,26)/t8-,13?/m1/s1. The van der Waals surface area contributed by atoms with Crippen molar-refractivity contribution in [2.45, 2.75) is 31.9 Å². The van der Waals surface area contributed by atoms with Gasteiger partial charge in [0, 0.05) is 5.56 Å². The van der Waals surface area contributed by atoms with Crippen LogP contribution >= 0.6 is 0 Å². The molecule has 1 fully saturated rings. The number of aromatic nitrogens is 2. The molecular weight excluding hydrogens is 426 g/mol. The maximum Gasteiger partial charge on any atom is 0.344 e. The Balaban J connectivity index is 2.08. The summed E-state index contributed by atoms with van der Waals surface area (Å²) in [7, 11) is 1.19. The first-order valence-electron chi connectivity index (χ1n) is 9.13. The molecule has 168 valence electrons. The molecule has 2 heterocycles. The first-order valence-corrected chi connectivity index (χ1v) is 9.13. The lowest BCUT2D eigenvalue weighted by Crippen LogP contribution is -2.20. The molecule has 0 bridgehead atoms. The number of benzene rings is 1. The minimum Gasteiger partial charge on any atom is -0.479 e. The van der Waals surface area contributed by atoms with Crippen molar-refractivity contribution in [1.29, 1.82) is 0 Å². The molecule has 1 aliphatic heterocycles. The molecule has 0 spiro atoms. The minimum atomic E-state index is -3.02. The first-order chi connectivity index (χ1) is 14.7. The van der Waals surface area contributed by atoms with Gasteiger partial charge in [-0.15, -0.1) is 0 Å². The van der Waals surface area contributed by atoms with Crippen LogP contribution in [-0.4, -0.2) is 41.4 Å². The normalized spacial score (nSPS) is 16.4. The molecule has 0 aliphatic carbocycles. The second-order valence-corrected chi connectivity index (χ2v) is 6.55. The Hall–Kier alpha value is -2.99. The molecule has 2 atom stereocenters. The number of hydrogen-bond acceptors (Lipinski definition) is 7. The molecule has 1 unspecified atom stereocenters. The molecule has 8 nitrogen and oxygen atoms in total. The average Bonchev–Trinajstić information content (AvgIpc) is 3.26. The van der Waals surface area contributed by atoms with Gasteiger partial charge in [-0.05, 0) is 6.92 Å². The predicted molar refractivity (Wildman–Crippen MR) is 98.1 cm³/mol. The average molecular weight is 445 g/mol. The number of carboxylic acids is 1. The van der Waals surface area contributed by atoms with E-state index in [4.69, 9.17) is 19.3 Å². The van der Waals surface area contributed by atoms with Crippen LogP contribution in [0.25, 0.3) is 0 Å². The molecule has 0 saturated carbocycles. The van der Waals surface area contributed by atoms with Gasteiger partial charge >= 0.3 is 12.0 Å². The fourth-order valence-electron chi connectivity index (χ4n) is 3.09. The van der Waals surface area contributed by atoms with E-state index in [9.17, 15) is 22.4 Å². The summed E-state index contributed by atoms with van der Waals surface area (Å²) >= 11 is 0. The van der Waals surface area contributed by atoms with Gasteiger partial charge in [0.2, 0.25) is 6.17 Å². The third-order valence-electron chi connectivity index (χ3n) is 4.56. The molecule has 31 heavy (non-hydrogen) atoms. The number of halogens is 4. The second-order valence-electron chi connectivity index (χ2n) is 6.55. The van der Waals surface area contributed by atoms with Crippen LogP contribution in [0.15, 0.2) is 18.2 Å². The smallest absolute Gasteiger partial charge is 0.344 e. The van der Waals surface area contributed by atoms with Gasteiger partial charge in [-0.3, -0.25) is 0 Å². The van der Waals surface area contributed by atoms with Gasteiger partial charge in [0.05, 0.1) is 37.5 Å². The highest BCUT2D eigenvalue weighted by Crippen LogP contribution is 2.38. The maximum absolute atomic E-state index is 14.6. The van der Waals surface area contributed by atoms with Crippen molar-refractivity contribution in [3.8, 4) is 6.01 Å². The lowest BCUT2D eigenvalue weighted by Gasteiger charge is -2.23. The van der Waals surface area contributed by atoms with Crippen molar-refractivity contribution in [3.63, 3.8) is 0 Å². The molecule has 2 N–H and O–H groups in total. The number of ether oxygens (including phenoxy) is 3. The molecule has 1 aromatic heterocycles. The van der Waals surface area contributed by atoms with Gasteiger partial charge in [-0.1, -0.05) is 18.2 Å². The predicted octanol–water partition coefficient (Wildman–Crippen LogP) is 3.88. The number of carbonyl (C=O) groups is 1. The number of alkyl halides is 3. The van der Waals surface area contributed by atoms with E-state index in [1.807, 2.05) is 0 Å². The van der Waals surface area contributed by atoms with E-state index >= 15 is 0 Å².